The number of rotatable bonds is 4. The zero-order chi connectivity index (χ0) is 13.4. The highest BCUT2D eigenvalue weighted by atomic mass is 35.5. The lowest BCUT2D eigenvalue weighted by Gasteiger charge is -2.07. The molecule has 1 nitrogen and oxygen atoms in total. The molecule has 2 N–H and O–H groups in total. The number of aryl methyl sites for hydroxylation is 2. The SMILES string of the molecule is CC.Cc1cc(CCCC(C)N)cc(Cl)c1F. The van der Waals surface area contributed by atoms with E-state index in [1.165, 1.54) is 0 Å². The zero-order valence-corrected chi connectivity index (χ0v) is 11.9. The quantitative estimate of drug-likeness (QED) is 0.848. The summed E-state index contributed by atoms with van der Waals surface area (Å²) in [7, 11) is 0. The summed E-state index contributed by atoms with van der Waals surface area (Å²) in [5.74, 6) is -0.312. The normalized spacial score (nSPS) is 11.7. The van der Waals surface area contributed by atoms with Gasteiger partial charge in [0.15, 0.2) is 0 Å². The molecule has 1 rings (SSSR count). The second kappa shape index (κ2) is 8.48. The van der Waals surface area contributed by atoms with Crippen LogP contribution in [0.5, 0.6) is 0 Å². The molecule has 0 saturated carbocycles. The molecule has 17 heavy (non-hydrogen) atoms. The second-order valence-corrected chi connectivity index (χ2v) is 4.49. The fourth-order valence-corrected chi connectivity index (χ4v) is 1.86. The maximum Gasteiger partial charge on any atom is 0.144 e. The van der Waals surface area contributed by atoms with E-state index >= 15 is 0 Å². The summed E-state index contributed by atoms with van der Waals surface area (Å²) in [6, 6.07) is 3.77. The van der Waals surface area contributed by atoms with Crippen LogP contribution < -0.4 is 5.73 Å². The van der Waals surface area contributed by atoms with Gasteiger partial charge < -0.3 is 5.73 Å². The lowest BCUT2D eigenvalue weighted by atomic mass is 10.0. The predicted octanol–water partition coefficient (Wildman–Crippen LogP) is 4.48. The molecule has 0 heterocycles. The van der Waals surface area contributed by atoms with E-state index in [2.05, 4.69) is 0 Å². The minimum absolute atomic E-state index is 0.214. The minimum Gasteiger partial charge on any atom is -0.328 e. The molecule has 3 heteroatoms. The van der Waals surface area contributed by atoms with E-state index in [0.717, 1.165) is 24.8 Å². The van der Waals surface area contributed by atoms with Crippen molar-refractivity contribution < 1.29 is 4.39 Å². The molecule has 0 radical (unpaired) electrons. The van der Waals surface area contributed by atoms with E-state index in [1.54, 1.807) is 13.0 Å². The van der Waals surface area contributed by atoms with E-state index in [0.29, 0.717) is 5.56 Å². The third kappa shape index (κ3) is 6.04. The molecule has 0 bridgehead atoms. The summed E-state index contributed by atoms with van der Waals surface area (Å²) in [6.07, 6.45) is 2.90. The minimum atomic E-state index is -0.312. The van der Waals surface area contributed by atoms with Crippen LogP contribution in [0.4, 0.5) is 4.39 Å². The Labute approximate surface area is 109 Å². The molecule has 0 spiro atoms. The molecular formula is C14H23ClFN. The van der Waals surface area contributed by atoms with Gasteiger partial charge in [-0.05, 0) is 50.3 Å². The van der Waals surface area contributed by atoms with Crippen molar-refractivity contribution in [2.75, 3.05) is 0 Å². The van der Waals surface area contributed by atoms with Crippen molar-refractivity contribution in [3.05, 3.63) is 34.1 Å². The number of halogens is 2. The lowest BCUT2D eigenvalue weighted by molar-refractivity contribution is 0.611. The summed E-state index contributed by atoms with van der Waals surface area (Å²) in [5, 5.41) is 0.214. The summed E-state index contributed by atoms with van der Waals surface area (Å²) < 4.78 is 13.2. The Morgan fingerprint density at radius 2 is 1.94 bits per heavy atom. The molecule has 1 aromatic carbocycles. The second-order valence-electron chi connectivity index (χ2n) is 4.08. The van der Waals surface area contributed by atoms with Gasteiger partial charge in [0.2, 0.25) is 0 Å². The average molecular weight is 260 g/mol. The van der Waals surface area contributed by atoms with Gasteiger partial charge >= 0.3 is 0 Å². The fourth-order valence-electron chi connectivity index (χ4n) is 1.57. The first-order valence-corrected chi connectivity index (χ1v) is 6.58. The van der Waals surface area contributed by atoms with Gasteiger partial charge in [-0.25, -0.2) is 4.39 Å². The highest BCUT2D eigenvalue weighted by molar-refractivity contribution is 6.30. The van der Waals surface area contributed by atoms with Crippen molar-refractivity contribution in [3.63, 3.8) is 0 Å². The molecule has 0 aromatic heterocycles. The van der Waals surface area contributed by atoms with E-state index in [-0.39, 0.29) is 16.9 Å². The van der Waals surface area contributed by atoms with Gasteiger partial charge in [-0.1, -0.05) is 31.5 Å². The van der Waals surface area contributed by atoms with Crippen molar-refractivity contribution >= 4 is 11.6 Å². The summed E-state index contributed by atoms with van der Waals surface area (Å²) in [4.78, 5) is 0. The highest BCUT2D eigenvalue weighted by Crippen LogP contribution is 2.21. The third-order valence-corrected chi connectivity index (χ3v) is 2.67. The lowest BCUT2D eigenvalue weighted by Crippen LogP contribution is -2.14. The van der Waals surface area contributed by atoms with Gasteiger partial charge in [-0.15, -0.1) is 0 Å². The van der Waals surface area contributed by atoms with Crippen LogP contribution in [0.15, 0.2) is 12.1 Å². The monoisotopic (exact) mass is 259 g/mol. The number of hydrogen-bond donors (Lipinski definition) is 1. The van der Waals surface area contributed by atoms with Crippen LogP contribution in [0.3, 0.4) is 0 Å². The van der Waals surface area contributed by atoms with Crippen molar-refractivity contribution in [1.29, 1.82) is 0 Å². The molecule has 0 amide bonds. The first kappa shape index (κ1) is 16.4. The van der Waals surface area contributed by atoms with Crippen molar-refractivity contribution in [3.8, 4) is 0 Å². The first-order valence-electron chi connectivity index (χ1n) is 6.21. The summed E-state index contributed by atoms with van der Waals surface area (Å²) >= 11 is 5.76. The van der Waals surface area contributed by atoms with E-state index < -0.39 is 0 Å². The molecule has 1 unspecified atom stereocenters. The van der Waals surface area contributed by atoms with Crippen molar-refractivity contribution in [2.24, 2.45) is 5.73 Å². The van der Waals surface area contributed by atoms with E-state index in [4.69, 9.17) is 17.3 Å². The number of nitrogens with two attached hydrogens (primary N) is 1. The topological polar surface area (TPSA) is 26.0 Å². The van der Waals surface area contributed by atoms with Crippen LogP contribution in [0, 0.1) is 12.7 Å². The maximum atomic E-state index is 13.2. The van der Waals surface area contributed by atoms with E-state index in [9.17, 15) is 4.39 Å². The van der Waals surface area contributed by atoms with Gasteiger partial charge in [0, 0.05) is 6.04 Å². The molecule has 0 aliphatic rings. The van der Waals surface area contributed by atoms with Gasteiger partial charge in [-0.2, -0.15) is 0 Å². The number of hydrogen-bond acceptors (Lipinski definition) is 1. The highest BCUT2D eigenvalue weighted by Gasteiger charge is 2.05. The smallest absolute Gasteiger partial charge is 0.144 e. The van der Waals surface area contributed by atoms with Gasteiger partial charge in [0.05, 0.1) is 5.02 Å². The average Bonchev–Trinajstić information content (AvgIpc) is 2.28. The predicted molar refractivity (Wildman–Crippen MR) is 74.1 cm³/mol. The third-order valence-electron chi connectivity index (χ3n) is 2.39. The van der Waals surface area contributed by atoms with Crippen molar-refractivity contribution in [2.45, 2.75) is 53.0 Å². The van der Waals surface area contributed by atoms with Crippen LogP contribution in [0.25, 0.3) is 0 Å². The fraction of sp³-hybridized carbons (Fsp3) is 0.571. The van der Waals surface area contributed by atoms with Gasteiger partial charge in [-0.3, -0.25) is 0 Å². The summed E-state index contributed by atoms with van der Waals surface area (Å²) in [6.45, 7) is 7.72. The standard InChI is InChI=1S/C12H17ClFN.C2H6/c1-8-6-10(5-3-4-9(2)15)7-11(13)12(8)14;1-2/h6-7,9H,3-5,15H2,1-2H3;1-2H3. The zero-order valence-electron chi connectivity index (χ0n) is 11.2. The molecule has 0 saturated heterocycles. The molecule has 0 aliphatic carbocycles. The van der Waals surface area contributed by atoms with Crippen LogP contribution in [0.2, 0.25) is 5.02 Å². The Balaban J connectivity index is 0.00000121. The first-order chi connectivity index (χ1) is 8.00. The van der Waals surface area contributed by atoms with Crippen LogP contribution in [-0.4, -0.2) is 6.04 Å². The maximum absolute atomic E-state index is 13.2. The Hall–Kier alpha value is -0.600. The molecule has 0 aliphatic heterocycles. The largest absolute Gasteiger partial charge is 0.328 e. The molecule has 0 fully saturated rings. The van der Waals surface area contributed by atoms with Crippen LogP contribution in [-0.2, 0) is 6.42 Å². The van der Waals surface area contributed by atoms with Gasteiger partial charge in [0.25, 0.3) is 0 Å². The Kier molecular flexibility index (Phi) is 8.19. The van der Waals surface area contributed by atoms with Gasteiger partial charge in [0.1, 0.15) is 5.82 Å². The molecule has 98 valence electrons. The number of benzene rings is 1. The Morgan fingerprint density at radius 3 is 2.41 bits per heavy atom. The Bertz CT molecular complexity index is 314. The molecular weight excluding hydrogens is 237 g/mol. The van der Waals surface area contributed by atoms with Crippen LogP contribution >= 0.6 is 11.6 Å². The molecule has 1 atom stereocenters. The van der Waals surface area contributed by atoms with Crippen molar-refractivity contribution in [1.82, 2.24) is 0 Å². The van der Waals surface area contributed by atoms with Crippen LogP contribution in [0.1, 0.15) is 44.7 Å². The van der Waals surface area contributed by atoms with E-state index in [1.807, 2.05) is 26.8 Å². The Morgan fingerprint density at radius 1 is 1.35 bits per heavy atom. The summed E-state index contributed by atoms with van der Waals surface area (Å²) in [5.41, 5.74) is 7.35. The molecule has 1 aromatic rings.